The Bertz CT molecular complexity index is 474. The van der Waals surface area contributed by atoms with Gasteiger partial charge in [0.2, 0.25) is 0 Å². The van der Waals surface area contributed by atoms with Gasteiger partial charge in [-0.2, -0.15) is 0 Å². The first-order chi connectivity index (χ1) is 9.22. The number of allylic oxidation sites excluding steroid dienone is 1. The molecule has 1 amide bonds. The summed E-state index contributed by atoms with van der Waals surface area (Å²) >= 11 is 0. The lowest BCUT2D eigenvalue weighted by molar-refractivity contribution is 0.0951. The van der Waals surface area contributed by atoms with Gasteiger partial charge < -0.3 is 9.84 Å². The van der Waals surface area contributed by atoms with Gasteiger partial charge in [-0.05, 0) is 45.4 Å². The summed E-state index contributed by atoms with van der Waals surface area (Å²) in [6, 6.07) is 0. The van der Waals surface area contributed by atoms with Crippen LogP contribution in [0.1, 0.15) is 60.8 Å². The van der Waals surface area contributed by atoms with E-state index in [4.69, 9.17) is 4.52 Å². The van der Waals surface area contributed by atoms with E-state index in [1.54, 1.807) is 6.92 Å². The summed E-state index contributed by atoms with van der Waals surface area (Å²) in [5.41, 5.74) is 2.83. The average Bonchev–Trinajstić information content (AvgIpc) is 2.81. The monoisotopic (exact) mass is 262 g/mol. The van der Waals surface area contributed by atoms with Gasteiger partial charge in [0.25, 0.3) is 5.91 Å². The number of aryl methyl sites for hydroxylation is 2. The van der Waals surface area contributed by atoms with Crippen molar-refractivity contribution in [3.63, 3.8) is 0 Å². The van der Waals surface area contributed by atoms with Crippen LogP contribution >= 0.6 is 0 Å². The maximum absolute atomic E-state index is 12.1. The second-order valence-corrected chi connectivity index (χ2v) is 5.03. The van der Waals surface area contributed by atoms with Crippen LogP contribution in [0.3, 0.4) is 0 Å². The molecule has 2 rings (SSSR count). The van der Waals surface area contributed by atoms with Crippen LogP contribution in [0, 0.1) is 6.92 Å². The molecule has 4 heteroatoms. The lowest BCUT2D eigenvalue weighted by Gasteiger charge is -2.12. The molecular formula is C15H22N2O2. The van der Waals surface area contributed by atoms with Gasteiger partial charge >= 0.3 is 0 Å². The highest BCUT2D eigenvalue weighted by atomic mass is 16.5. The van der Waals surface area contributed by atoms with E-state index in [0.29, 0.717) is 24.3 Å². The van der Waals surface area contributed by atoms with E-state index in [1.807, 2.05) is 6.92 Å². The molecule has 0 aliphatic heterocycles. The zero-order valence-corrected chi connectivity index (χ0v) is 11.8. The molecule has 0 fully saturated rings. The fourth-order valence-corrected chi connectivity index (χ4v) is 2.51. The van der Waals surface area contributed by atoms with Gasteiger partial charge in [-0.3, -0.25) is 4.79 Å². The van der Waals surface area contributed by atoms with Gasteiger partial charge in [-0.15, -0.1) is 0 Å². The first kappa shape index (κ1) is 13.8. The minimum atomic E-state index is -0.0630. The number of rotatable bonds is 5. The van der Waals surface area contributed by atoms with Crippen LogP contribution in [0.2, 0.25) is 0 Å². The summed E-state index contributed by atoms with van der Waals surface area (Å²) in [4.78, 5) is 12.1. The Labute approximate surface area is 114 Å². The van der Waals surface area contributed by atoms with Crippen molar-refractivity contribution in [2.24, 2.45) is 0 Å². The topological polar surface area (TPSA) is 55.1 Å². The summed E-state index contributed by atoms with van der Waals surface area (Å²) in [6.07, 6.45) is 8.94. The zero-order valence-electron chi connectivity index (χ0n) is 11.8. The first-order valence-corrected chi connectivity index (χ1v) is 7.13. The minimum Gasteiger partial charge on any atom is -0.361 e. The second-order valence-electron chi connectivity index (χ2n) is 5.03. The number of nitrogens with zero attached hydrogens (tertiary/aromatic N) is 1. The smallest absolute Gasteiger partial charge is 0.256 e. The number of amides is 1. The predicted molar refractivity (Wildman–Crippen MR) is 74.1 cm³/mol. The van der Waals surface area contributed by atoms with Gasteiger partial charge in [0.05, 0.1) is 5.69 Å². The Balaban J connectivity index is 1.87. The molecule has 0 bridgehead atoms. The lowest BCUT2D eigenvalue weighted by atomic mass is 9.97. The second kappa shape index (κ2) is 6.55. The molecule has 0 spiro atoms. The molecule has 104 valence electrons. The minimum absolute atomic E-state index is 0.0630. The number of carbonyl (C=O) groups is 1. The first-order valence-electron chi connectivity index (χ1n) is 7.13. The van der Waals surface area contributed by atoms with E-state index >= 15 is 0 Å². The lowest BCUT2D eigenvalue weighted by Crippen LogP contribution is -2.26. The molecule has 1 aromatic heterocycles. The maximum Gasteiger partial charge on any atom is 0.256 e. The molecular weight excluding hydrogens is 240 g/mol. The Morgan fingerprint density at radius 1 is 1.47 bits per heavy atom. The molecule has 0 saturated carbocycles. The predicted octanol–water partition coefficient (Wildman–Crippen LogP) is 3.17. The van der Waals surface area contributed by atoms with Crippen molar-refractivity contribution >= 4 is 5.91 Å². The Hall–Kier alpha value is -1.58. The van der Waals surface area contributed by atoms with Crippen LogP contribution in [0.5, 0.6) is 0 Å². The maximum atomic E-state index is 12.1. The molecule has 4 nitrogen and oxygen atoms in total. The highest BCUT2D eigenvalue weighted by Crippen LogP contribution is 2.19. The van der Waals surface area contributed by atoms with Crippen LogP contribution in [-0.2, 0) is 6.42 Å². The van der Waals surface area contributed by atoms with Crippen molar-refractivity contribution in [3.8, 4) is 0 Å². The molecule has 0 saturated heterocycles. The van der Waals surface area contributed by atoms with Crippen molar-refractivity contribution < 1.29 is 9.32 Å². The van der Waals surface area contributed by atoms with E-state index in [0.717, 1.165) is 12.1 Å². The van der Waals surface area contributed by atoms with Crippen LogP contribution in [0.15, 0.2) is 16.2 Å². The molecule has 0 unspecified atom stereocenters. The van der Waals surface area contributed by atoms with Crippen LogP contribution in [-0.4, -0.2) is 17.6 Å². The van der Waals surface area contributed by atoms with E-state index < -0.39 is 0 Å². The fourth-order valence-electron chi connectivity index (χ4n) is 2.51. The molecule has 0 atom stereocenters. The number of aromatic nitrogens is 1. The van der Waals surface area contributed by atoms with Crippen LogP contribution in [0.4, 0.5) is 0 Å². The van der Waals surface area contributed by atoms with Gasteiger partial charge in [-0.25, -0.2) is 0 Å². The summed E-state index contributed by atoms with van der Waals surface area (Å²) in [7, 11) is 0. The van der Waals surface area contributed by atoms with Crippen LogP contribution in [0.25, 0.3) is 0 Å². The number of hydrogen-bond donors (Lipinski definition) is 1. The van der Waals surface area contributed by atoms with Crippen molar-refractivity contribution in [2.75, 3.05) is 6.54 Å². The van der Waals surface area contributed by atoms with Crippen molar-refractivity contribution in [3.05, 3.63) is 28.7 Å². The molecule has 1 aliphatic carbocycles. The van der Waals surface area contributed by atoms with E-state index in [1.165, 1.54) is 31.3 Å². The Kier molecular flexibility index (Phi) is 4.77. The SMILES string of the molecule is CCc1noc(C)c1C(=O)NCCC1=CCCCC1. The molecule has 0 radical (unpaired) electrons. The third-order valence-electron chi connectivity index (χ3n) is 3.61. The normalized spacial score (nSPS) is 15.2. The largest absolute Gasteiger partial charge is 0.361 e. The molecule has 0 aromatic carbocycles. The Morgan fingerprint density at radius 2 is 2.32 bits per heavy atom. The quantitative estimate of drug-likeness (QED) is 0.829. The van der Waals surface area contributed by atoms with E-state index in [9.17, 15) is 4.79 Å². The van der Waals surface area contributed by atoms with Crippen molar-refractivity contribution in [1.29, 1.82) is 0 Å². The van der Waals surface area contributed by atoms with E-state index in [2.05, 4.69) is 16.5 Å². The van der Waals surface area contributed by atoms with E-state index in [-0.39, 0.29) is 5.91 Å². The summed E-state index contributed by atoms with van der Waals surface area (Å²) in [6.45, 7) is 4.45. The highest BCUT2D eigenvalue weighted by molar-refractivity contribution is 5.96. The summed E-state index contributed by atoms with van der Waals surface area (Å²) < 4.78 is 5.08. The molecule has 1 aliphatic rings. The van der Waals surface area contributed by atoms with Gasteiger partial charge in [-0.1, -0.05) is 23.7 Å². The van der Waals surface area contributed by atoms with Gasteiger partial charge in [0.15, 0.2) is 0 Å². The number of carbonyl (C=O) groups excluding carboxylic acids is 1. The summed E-state index contributed by atoms with van der Waals surface area (Å²) in [5, 5.41) is 6.87. The third kappa shape index (κ3) is 3.46. The van der Waals surface area contributed by atoms with Gasteiger partial charge in [0, 0.05) is 6.54 Å². The van der Waals surface area contributed by atoms with Crippen LogP contribution < -0.4 is 5.32 Å². The average molecular weight is 262 g/mol. The van der Waals surface area contributed by atoms with Crippen molar-refractivity contribution in [1.82, 2.24) is 10.5 Å². The standard InChI is InChI=1S/C15H22N2O2/c1-3-13-14(11(2)19-17-13)15(18)16-10-9-12-7-5-4-6-8-12/h7H,3-6,8-10H2,1-2H3,(H,16,18). The summed E-state index contributed by atoms with van der Waals surface area (Å²) in [5.74, 6) is 0.540. The Morgan fingerprint density at radius 3 is 3.00 bits per heavy atom. The van der Waals surface area contributed by atoms with Crippen molar-refractivity contribution in [2.45, 2.75) is 52.4 Å². The molecule has 1 N–H and O–H groups in total. The highest BCUT2D eigenvalue weighted by Gasteiger charge is 2.18. The zero-order chi connectivity index (χ0) is 13.7. The molecule has 19 heavy (non-hydrogen) atoms. The molecule has 1 aromatic rings. The number of nitrogens with one attached hydrogen (secondary N) is 1. The fraction of sp³-hybridized carbons (Fsp3) is 0.600. The molecule has 1 heterocycles. The number of hydrogen-bond acceptors (Lipinski definition) is 3. The third-order valence-corrected chi connectivity index (χ3v) is 3.61. The van der Waals surface area contributed by atoms with Gasteiger partial charge in [0.1, 0.15) is 11.3 Å².